The molecule has 0 saturated carbocycles. The molecule has 1 unspecified atom stereocenters. The maximum Gasteiger partial charge on any atom is 0.0701 e. The van der Waals surface area contributed by atoms with Crippen molar-refractivity contribution in [3.05, 3.63) is 20.8 Å². The Morgan fingerprint density at radius 3 is 2.94 bits per heavy atom. The summed E-state index contributed by atoms with van der Waals surface area (Å²) in [5, 5.41) is 5.99. The second-order valence-corrected chi connectivity index (χ2v) is 7.78. The standard InChI is InChI=1S/C14H23BrN2S/c1-3-5-14(6-4-7-16-14)11-17(2)9-12-8-13(15)18-10-12/h8,10,16H,3-7,9,11H2,1-2H3. The van der Waals surface area contributed by atoms with Crippen LogP contribution in [-0.2, 0) is 6.54 Å². The predicted molar refractivity (Wildman–Crippen MR) is 83.2 cm³/mol. The van der Waals surface area contributed by atoms with Gasteiger partial charge in [0.25, 0.3) is 0 Å². The number of likely N-dealkylation sites (N-methyl/N-ethyl adjacent to an activating group) is 1. The molecule has 18 heavy (non-hydrogen) atoms. The van der Waals surface area contributed by atoms with E-state index in [0.717, 1.165) is 13.1 Å². The van der Waals surface area contributed by atoms with Crippen molar-refractivity contribution in [2.75, 3.05) is 20.1 Å². The minimum absolute atomic E-state index is 0.372. The van der Waals surface area contributed by atoms with Crippen molar-refractivity contribution in [1.82, 2.24) is 10.2 Å². The van der Waals surface area contributed by atoms with Gasteiger partial charge < -0.3 is 10.2 Å². The average molecular weight is 331 g/mol. The van der Waals surface area contributed by atoms with Crippen LogP contribution in [0.5, 0.6) is 0 Å². The predicted octanol–water partition coefficient (Wildman–Crippen LogP) is 3.86. The zero-order valence-electron chi connectivity index (χ0n) is 11.3. The highest BCUT2D eigenvalue weighted by molar-refractivity contribution is 9.11. The van der Waals surface area contributed by atoms with Gasteiger partial charge in [-0.15, -0.1) is 11.3 Å². The van der Waals surface area contributed by atoms with Gasteiger partial charge in [0.05, 0.1) is 3.79 Å². The zero-order valence-corrected chi connectivity index (χ0v) is 13.7. The summed E-state index contributed by atoms with van der Waals surface area (Å²) >= 11 is 5.31. The SMILES string of the molecule is CCCC1(CN(C)Cc2csc(Br)c2)CCCN1. The fourth-order valence-corrected chi connectivity index (χ4v) is 4.29. The van der Waals surface area contributed by atoms with E-state index < -0.39 is 0 Å². The van der Waals surface area contributed by atoms with Crippen LogP contribution in [0, 0.1) is 0 Å². The number of halogens is 1. The van der Waals surface area contributed by atoms with Gasteiger partial charge in [-0.3, -0.25) is 0 Å². The first-order valence-corrected chi connectivity index (χ1v) is 8.47. The molecule has 1 fully saturated rings. The largest absolute Gasteiger partial charge is 0.310 e. The van der Waals surface area contributed by atoms with Crippen molar-refractivity contribution in [1.29, 1.82) is 0 Å². The van der Waals surface area contributed by atoms with Crippen LogP contribution in [0.25, 0.3) is 0 Å². The van der Waals surface area contributed by atoms with Gasteiger partial charge in [0.2, 0.25) is 0 Å². The molecule has 1 saturated heterocycles. The van der Waals surface area contributed by atoms with Crippen LogP contribution in [0.4, 0.5) is 0 Å². The van der Waals surface area contributed by atoms with E-state index in [4.69, 9.17) is 0 Å². The van der Waals surface area contributed by atoms with Crippen LogP contribution in [0.15, 0.2) is 15.2 Å². The lowest BCUT2D eigenvalue weighted by Gasteiger charge is -2.34. The Kier molecular flexibility index (Phi) is 5.24. The molecule has 0 aliphatic carbocycles. The Balaban J connectivity index is 1.90. The molecule has 2 heterocycles. The van der Waals surface area contributed by atoms with E-state index in [1.54, 1.807) is 11.3 Å². The van der Waals surface area contributed by atoms with Crippen molar-refractivity contribution >= 4 is 27.3 Å². The normalized spacial score (nSPS) is 24.0. The molecule has 1 aromatic heterocycles. The van der Waals surface area contributed by atoms with Gasteiger partial charge in [-0.2, -0.15) is 0 Å². The van der Waals surface area contributed by atoms with Crippen LogP contribution >= 0.6 is 27.3 Å². The van der Waals surface area contributed by atoms with E-state index in [1.807, 2.05) is 0 Å². The molecular weight excluding hydrogens is 308 g/mol. The lowest BCUT2D eigenvalue weighted by Crippen LogP contribution is -2.48. The maximum atomic E-state index is 3.74. The number of hydrogen-bond donors (Lipinski definition) is 1. The van der Waals surface area contributed by atoms with Crippen molar-refractivity contribution in [2.45, 2.75) is 44.7 Å². The Morgan fingerprint density at radius 2 is 2.39 bits per heavy atom. The Hall–Kier alpha value is 0.1000. The number of hydrogen-bond acceptors (Lipinski definition) is 3. The summed E-state index contributed by atoms with van der Waals surface area (Å²) < 4.78 is 1.23. The van der Waals surface area contributed by atoms with Crippen LogP contribution in [-0.4, -0.2) is 30.6 Å². The molecule has 102 valence electrons. The summed E-state index contributed by atoms with van der Waals surface area (Å²) in [6, 6.07) is 2.23. The Labute approximate surface area is 123 Å². The summed E-state index contributed by atoms with van der Waals surface area (Å²) in [5.74, 6) is 0. The van der Waals surface area contributed by atoms with E-state index in [0.29, 0.717) is 5.54 Å². The van der Waals surface area contributed by atoms with E-state index >= 15 is 0 Å². The molecule has 1 aliphatic heterocycles. The average Bonchev–Trinajstić information content (AvgIpc) is 2.89. The van der Waals surface area contributed by atoms with Crippen molar-refractivity contribution in [2.24, 2.45) is 0 Å². The van der Waals surface area contributed by atoms with Gasteiger partial charge in [0.15, 0.2) is 0 Å². The van der Waals surface area contributed by atoms with Gasteiger partial charge in [-0.1, -0.05) is 13.3 Å². The van der Waals surface area contributed by atoms with E-state index in [9.17, 15) is 0 Å². The summed E-state index contributed by atoms with van der Waals surface area (Å²) in [4.78, 5) is 2.46. The van der Waals surface area contributed by atoms with Gasteiger partial charge in [0.1, 0.15) is 0 Å². The molecule has 0 amide bonds. The van der Waals surface area contributed by atoms with Crippen molar-refractivity contribution in [3.63, 3.8) is 0 Å². The summed E-state index contributed by atoms with van der Waals surface area (Å²) in [5.41, 5.74) is 1.79. The highest BCUT2D eigenvalue weighted by Crippen LogP contribution is 2.27. The first-order chi connectivity index (χ1) is 8.63. The molecule has 1 aliphatic rings. The lowest BCUT2D eigenvalue weighted by molar-refractivity contribution is 0.208. The molecule has 0 bridgehead atoms. The first kappa shape index (κ1) is 14.5. The molecule has 2 nitrogen and oxygen atoms in total. The van der Waals surface area contributed by atoms with E-state index in [-0.39, 0.29) is 0 Å². The summed E-state index contributed by atoms with van der Waals surface area (Å²) in [7, 11) is 2.24. The van der Waals surface area contributed by atoms with Crippen LogP contribution in [0.1, 0.15) is 38.2 Å². The molecule has 2 rings (SSSR count). The minimum atomic E-state index is 0.372. The minimum Gasteiger partial charge on any atom is -0.310 e. The molecule has 1 N–H and O–H groups in total. The third kappa shape index (κ3) is 3.80. The first-order valence-electron chi connectivity index (χ1n) is 6.80. The molecule has 4 heteroatoms. The molecule has 1 atom stereocenters. The van der Waals surface area contributed by atoms with Crippen LogP contribution < -0.4 is 5.32 Å². The van der Waals surface area contributed by atoms with Crippen LogP contribution in [0.3, 0.4) is 0 Å². The molecule has 0 spiro atoms. The quantitative estimate of drug-likeness (QED) is 0.851. The topological polar surface area (TPSA) is 15.3 Å². The van der Waals surface area contributed by atoms with Gasteiger partial charge in [-0.05, 0) is 65.8 Å². The van der Waals surface area contributed by atoms with Crippen molar-refractivity contribution in [3.8, 4) is 0 Å². The van der Waals surface area contributed by atoms with Crippen molar-refractivity contribution < 1.29 is 0 Å². The lowest BCUT2D eigenvalue weighted by atomic mass is 9.91. The second-order valence-electron chi connectivity index (χ2n) is 5.49. The Morgan fingerprint density at radius 1 is 1.56 bits per heavy atom. The number of nitrogens with one attached hydrogen (secondary N) is 1. The van der Waals surface area contributed by atoms with E-state index in [1.165, 1.54) is 41.6 Å². The third-order valence-electron chi connectivity index (χ3n) is 3.71. The number of thiophene rings is 1. The third-order valence-corrected chi connectivity index (χ3v) is 5.26. The van der Waals surface area contributed by atoms with Gasteiger partial charge in [-0.25, -0.2) is 0 Å². The highest BCUT2D eigenvalue weighted by Gasteiger charge is 2.33. The smallest absolute Gasteiger partial charge is 0.0701 e. The molecule has 0 aromatic carbocycles. The molecule has 0 radical (unpaired) electrons. The van der Waals surface area contributed by atoms with E-state index in [2.05, 4.69) is 51.6 Å². The molecule has 1 aromatic rings. The van der Waals surface area contributed by atoms with Crippen LogP contribution in [0.2, 0.25) is 0 Å². The Bertz CT molecular complexity index is 372. The zero-order chi connectivity index (χ0) is 13.0. The van der Waals surface area contributed by atoms with Gasteiger partial charge >= 0.3 is 0 Å². The molecular formula is C14H23BrN2S. The fraction of sp³-hybridized carbons (Fsp3) is 0.714. The monoisotopic (exact) mass is 330 g/mol. The highest BCUT2D eigenvalue weighted by atomic mass is 79.9. The summed E-state index contributed by atoms with van der Waals surface area (Å²) in [6.45, 7) is 5.69. The number of nitrogens with zero attached hydrogens (tertiary/aromatic N) is 1. The second kappa shape index (κ2) is 6.51. The fourth-order valence-electron chi connectivity index (χ4n) is 3.09. The summed E-state index contributed by atoms with van der Waals surface area (Å²) in [6.07, 6.45) is 5.23. The number of rotatable bonds is 6. The maximum absolute atomic E-state index is 3.74. The van der Waals surface area contributed by atoms with Gasteiger partial charge in [0, 0.05) is 18.6 Å².